The van der Waals surface area contributed by atoms with Gasteiger partial charge in [-0.1, -0.05) is 30.3 Å². The van der Waals surface area contributed by atoms with E-state index in [2.05, 4.69) is 5.32 Å². The number of pyridine rings is 1. The van der Waals surface area contributed by atoms with Crippen molar-refractivity contribution in [2.75, 3.05) is 20.8 Å². The molecule has 194 valence electrons. The first-order valence-electron chi connectivity index (χ1n) is 10.9. The molecule has 12 heteroatoms. The van der Waals surface area contributed by atoms with E-state index in [0.29, 0.717) is 22.6 Å². The van der Waals surface area contributed by atoms with Crippen molar-refractivity contribution >= 4 is 17.8 Å². The number of ether oxygens (including phenoxy) is 2. The van der Waals surface area contributed by atoms with E-state index in [1.165, 1.54) is 14.2 Å². The zero-order chi connectivity index (χ0) is 27.1. The summed E-state index contributed by atoms with van der Waals surface area (Å²) in [5.74, 6) is -4.65. The monoisotopic (exact) mass is 511 g/mol. The zero-order valence-electron chi connectivity index (χ0n) is 20.0. The fourth-order valence-electron chi connectivity index (χ4n) is 3.53. The molecule has 0 bridgehead atoms. The number of hydrogen-bond donors (Lipinski definition) is 5. The van der Waals surface area contributed by atoms with Gasteiger partial charge in [-0.3, -0.25) is 23.7 Å². The Kier molecular flexibility index (Phi) is 8.35. The van der Waals surface area contributed by atoms with Gasteiger partial charge in [-0.2, -0.15) is 0 Å². The van der Waals surface area contributed by atoms with Gasteiger partial charge in [0.25, 0.3) is 17.4 Å². The van der Waals surface area contributed by atoms with Crippen LogP contribution < -0.4 is 25.7 Å². The maximum atomic E-state index is 13.1. The lowest BCUT2D eigenvalue weighted by Gasteiger charge is -2.17. The van der Waals surface area contributed by atoms with Crippen LogP contribution in [0.2, 0.25) is 0 Å². The Balaban J connectivity index is 2.04. The van der Waals surface area contributed by atoms with Crippen molar-refractivity contribution in [1.82, 2.24) is 15.2 Å². The Morgan fingerprint density at radius 2 is 1.59 bits per heavy atom. The third kappa shape index (κ3) is 5.99. The first-order valence-corrected chi connectivity index (χ1v) is 10.9. The number of aromatic hydroxyl groups is 2. The number of rotatable bonds is 10. The lowest BCUT2D eigenvalue weighted by atomic mass is 10.1. The second kappa shape index (κ2) is 11.6. The molecule has 1 heterocycles. The molecule has 0 fully saturated rings. The number of carboxylic acid groups (broad SMARTS) is 1. The van der Waals surface area contributed by atoms with E-state index < -0.39 is 52.6 Å². The second-order valence-corrected chi connectivity index (χ2v) is 7.74. The van der Waals surface area contributed by atoms with Crippen LogP contribution in [0.1, 0.15) is 31.8 Å². The number of nitrogens with one attached hydrogen (secondary N) is 2. The molecule has 0 spiro atoms. The van der Waals surface area contributed by atoms with Crippen LogP contribution in [0, 0.1) is 0 Å². The summed E-state index contributed by atoms with van der Waals surface area (Å²) in [6.45, 7) is -1.18. The van der Waals surface area contributed by atoms with Crippen LogP contribution in [0.5, 0.6) is 23.1 Å². The van der Waals surface area contributed by atoms with Crippen LogP contribution in [-0.2, 0) is 17.9 Å². The number of carbonyl (C=O) groups is 3. The highest BCUT2D eigenvalue weighted by molar-refractivity contribution is 6.05. The van der Waals surface area contributed by atoms with Crippen molar-refractivity contribution in [2.45, 2.75) is 13.1 Å². The maximum Gasteiger partial charge on any atom is 0.322 e. The van der Waals surface area contributed by atoms with Crippen molar-refractivity contribution in [3.63, 3.8) is 0 Å². The molecule has 0 atom stereocenters. The first-order chi connectivity index (χ1) is 17.7. The standard InChI is InChI=1S/C25H25N3O9/c1-36-16-9-8-15(17(10-16)37-2)11-26-22(32)19-21(31)20(23(33)27-12-18(29)30)25(35)28(24(19)34)13-14-6-4-3-5-7-14/h3-10,31,34H,11-13H2,1-2H3,(H,26,32)(H,27,33)(H,29,30). The summed E-state index contributed by atoms with van der Waals surface area (Å²) in [4.78, 5) is 49.7. The summed E-state index contributed by atoms with van der Waals surface area (Å²) >= 11 is 0. The van der Waals surface area contributed by atoms with Gasteiger partial charge in [0.1, 0.15) is 29.2 Å². The van der Waals surface area contributed by atoms with Crippen molar-refractivity contribution in [1.29, 1.82) is 0 Å². The molecule has 0 radical (unpaired) electrons. The SMILES string of the molecule is COc1ccc(CNC(=O)c2c(O)c(C(=O)NCC(=O)O)c(=O)n(Cc3ccccc3)c2O)c(OC)c1. The van der Waals surface area contributed by atoms with Crippen LogP contribution in [0.25, 0.3) is 0 Å². The second-order valence-electron chi connectivity index (χ2n) is 7.74. The fraction of sp³-hybridized carbons (Fsp3) is 0.200. The smallest absolute Gasteiger partial charge is 0.322 e. The summed E-state index contributed by atoms with van der Waals surface area (Å²) in [6.07, 6.45) is 0. The van der Waals surface area contributed by atoms with Gasteiger partial charge in [-0.05, 0) is 17.7 Å². The average molecular weight is 511 g/mol. The van der Waals surface area contributed by atoms with E-state index in [-0.39, 0.29) is 13.1 Å². The number of aromatic nitrogens is 1. The van der Waals surface area contributed by atoms with Crippen LogP contribution in [0.3, 0.4) is 0 Å². The number of carbonyl (C=O) groups excluding carboxylic acids is 2. The number of hydrogen-bond acceptors (Lipinski definition) is 8. The Labute approximate surface area is 210 Å². The van der Waals surface area contributed by atoms with E-state index in [9.17, 15) is 29.4 Å². The summed E-state index contributed by atoms with van der Waals surface area (Å²) in [6, 6.07) is 13.3. The molecule has 0 aliphatic heterocycles. The minimum Gasteiger partial charge on any atom is -0.506 e. The van der Waals surface area contributed by atoms with Gasteiger partial charge >= 0.3 is 5.97 Å². The van der Waals surface area contributed by atoms with Gasteiger partial charge < -0.3 is 35.4 Å². The van der Waals surface area contributed by atoms with Crippen molar-refractivity contribution < 1.29 is 39.2 Å². The predicted molar refractivity (Wildman–Crippen MR) is 130 cm³/mol. The topological polar surface area (TPSA) is 176 Å². The van der Waals surface area contributed by atoms with Crippen molar-refractivity contribution in [3.8, 4) is 23.1 Å². The number of aliphatic carboxylic acids is 1. The van der Waals surface area contributed by atoms with Crippen LogP contribution in [0.15, 0.2) is 53.3 Å². The summed E-state index contributed by atoms with van der Waals surface area (Å²) in [5.41, 5.74) is -1.65. The number of carboxylic acids is 1. The van der Waals surface area contributed by atoms with Gasteiger partial charge in [-0.25, -0.2) is 0 Å². The van der Waals surface area contributed by atoms with Gasteiger partial charge in [0.2, 0.25) is 5.88 Å². The molecule has 3 rings (SSSR count). The Morgan fingerprint density at radius 3 is 2.22 bits per heavy atom. The number of amides is 2. The average Bonchev–Trinajstić information content (AvgIpc) is 2.89. The van der Waals surface area contributed by atoms with E-state index >= 15 is 0 Å². The molecular weight excluding hydrogens is 486 g/mol. The molecule has 5 N–H and O–H groups in total. The van der Waals surface area contributed by atoms with Crippen LogP contribution in [-0.4, -0.2) is 58.4 Å². The number of methoxy groups -OCH3 is 2. The minimum atomic E-state index is -1.39. The molecule has 0 aliphatic carbocycles. The molecule has 3 aromatic rings. The molecule has 12 nitrogen and oxygen atoms in total. The molecular formula is C25H25N3O9. The van der Waals surface area contributed by atoms with Gasteiger partial charge in [0.15, 0.2) is 5.75 Å². The molecule has 0 saturated heterocycles. The third-order valence-corrected chi connectivity index (χ3v) is 5.38. The van der Waals surface area contributed by atoms with E-state index in [4.69, 9.17) is 14.6 Å². The number of benzene rings is 2. The Bertz CT molecular complexity index is 1380. The van der Waals surface area contributed by atoms with E-state index in [0.717, 1.165) is 4.57 Å². The lowest BCUT2D eigenvalue weighted by Crippen LogP contribution is -2.37. The molecule has 0 aliphatic rings. The summed E-state index contributed by atoms with van der Waals surface area (Å²) in [7, 11) is 2.91. The summed E-state index contributed by atoms with van der Waals surface area (Å²) < 4.78 is 11.2. The van der Waals surface area contributed by atoms with Gasteiger partial charge in [0, 0.05) is 18.2 Å². The Hall–Kier alpha value is -5.00. The number of nitrogens with zero attached hydrogens (tertiary/aromatic N) is 1. The van der Waals surface area contributed by atoms with Crippen LogP contribution >= 0.6 is 0 Å². The largest absolute Gasteiger partial charge is 0.506 e. The molecule has 37 heavy (non-hydrogen) atoms. The highest BCUT2D eigenvalue weighted by Gasteiger charge is 2.30. The lowest BCUT2D eigenvalue weighted by molar-refractivity contribution is -0.135. The third-order valence-electron chi connectivity index (χ3n) is 5.38. The predicted octanol–water partition coefficient (Wildman–Crippen LogP) is 1.07. The highest BCUT2D eigenvalue weighted by atomic mass is 16.5. The van der Waals surface area contributed by atoms with Gasteiger partial charge in [0.05, 0.1) is 20.8 Å². The Morgan fingerprint density at radius 1 is 0.919 bits per heavy atom. The zero-order valence-corrected chi connectivity index (χ0v) is 20.0. The molecule has 1 aromatic heterocycles. The van der Waals surface area contributed by atoms with Crippen molar-refractivity contribution in [2.24, 2.45) is 0 Å². The highest BCUT2D eigenvalue weighted by Crippen LogP contribution is 2.30. The van der Waals surface area contributed by atoms with Crippen molar-refractivity contribution in [3.05, 3.63) is 81.1 Å². The van der Waals surface area contributed by atoms with E-state index in [1.807, 2.05) is 5.32 Å². The normalized spacial score (nSPS) is 10.4. The fourth-order valence-corrected chi connectivity index (χ4v) is 3.53. The molecule has 0 saturated carbocycles. The molecule has 2 aromatic carbocycles. The molecule has 0 unspecified atom stereocenters. The molecule has 2 amide bonds. The first kappa shape index (κ1) is 26.6. The van der Waals surface area contributed by atoms with Crippen LogP contribution in [0.4, 0.5) is 0 Å². The van der Waals surface area contributed by atoms with Gasteiger partial charge in [-0.15, -0.1) is 0 Å². The van der Waals surface area contributed by atoms with E-state index in [1.54, 1.807) is 48.5 Å². The maximum absolute atomic E-state index is 13.1. The minimum absolute atomic E-state index is 0.108. The quantitative estimate of drug-likeness (QED) is 0.266. The summed E-state index contributed by atoms with van der Waals surface area (Å²) in [5, 5.41) is 34.9.